The average Bonchev–Trinajstić information content (AvgIpc) is 3.61. The number of carbonyl (C=O) groups is 6. The van der Waals surface area contributed by atoms with Gasteiger partial charge in [-0.15, -0.1) is 0 Å². The molecule has 2 saturated carbocycles. The Labute approximate surface area is 267 Å². The zero-order valence-corrected chi connectivity index (χ0v) is 27.9. The number of esters is 6. The van der Waals surface area contributed by atoms with E-state index in [1.807, 2.05) is 0 Å². The van der Waals surface area contributed by atoms with E-state index in [0.717, 1.165) is 13.8 Å². The Bertz CT molecular complexity index is 1350. The van der Waals surface area contributed by atoms with Crippen molar-refractivity contribution in [3.63, 3.8) is 0 Å². The van der Waals surface area contributed by atoms with Crippen LogP contribution in [0.25, 0.3) is 0 Å². The van der Waals surface area contributed by atoms with Crippen LogP contribution in [-0.2, 0) is 61.9 Å². The molecule has 0 aromatic heterocycles. The van der Waals surface area contributed by atoms with Gasteiger partial charge in [-0.25, -0.2) is 0 Å². The molecule has 3 aliphatic carbocycles. The van der Waals surface area contributed by atoms with Crippen LogP contribution in [0, 0.1) is 16.7 Å². The number of epoxide rings is 1. The fourth-order valence-corrected chi connectivity index (χ4v) is 8.55. The van der Waals surface area contributed by atoms with Crippen LogP contribution in [0.4, 0.5) is 0 Å². The molecule has 14 heteroatoms. The highest BCUT2D eigenvalue weighted by Gasteiger charge is 2.81. The van der Waals surface area contributed by atoms with E-state index in [1.165, 1.54) is 41.5 Å². The summed E-state index contributed by atoms with van der Waals surface area (Å²) in [4.78, 5) is 76.2. The van der Waals surface area contributed by atoms with Crippen molar-refractivity contribution in [1.82, 2.24) is 0 Å². The van der Waals surface area contributed by atoms with Gasteiger partial charge in [-0.3, -0.25) is 28.8 Å². The second-order valence-corrected chi connectivity index (χ2v) is 13.5. The largest absolute Gasteiger partial charge is 0.462 e. The molecule has 1 heterocycles. The Balaban J connectivity index is 2.22. The summed E-state index contributed by atoms with van der Waals surface area (Å²) in [6, 6.07) is 0. The molecule has 0 unspecified atom stereocenters. The summed E-state index contributed by atoms with van der Waals surface area (Å²) < 4.78 is 41.8. The van der Waals surface area contributed by atoms with Crippen LogP contribution in [-0.4, -0.2) is 95.4 Å². The number of rotatable bonds is 7. The van der Waals surface area contributed by atoms with Crippen molar-refractivity contribution in [1.29, 1.82) is 0 Å². The molecule has 10 atom stereocenters. The molecule has 0 amide bonds. The Morgan fingerprint density at radius 2 is 1.20 bits per heavy atom. The van der Waals surface area contributed by atoms with Gasteiger partial charge < -0.3 is 38.3 Å². The van der Waals surface area contributed by atoms with Crippen molar-refractivity contribution >= 4 is 35.8 Å². The Morgan fingerprint density at radius 3 is 1.63 bits per heavy atom. The Kier molecular flexibility index (Phi) is 9.16. The fraction of sp³-hybridized carbons (Fsp3) is 0.750. The SMILES string of the molecule is CC(=O)O[C@H]1C[C@@]2(C(C)(C)O)C(=C1C)[C@@H](OC(C)=O)[C@H](OC(C)=O)[C@]1(C)[C@@H](OC(C)=O)C[C@@H](OC(C)=O)[C@@]3(CO3)[C@H]1[C@@H]2OC(C)=O. The third kappa shape index (κ3) is 5.67. The van der Waals surface area contributed by atoms with Crippen LogP contribution >= 0.6 is 0 Å². The fourth-order valence-electron chi connectivity index (χ4n) is 8.55. The quantitative estimate of drug-likeness (QED) is 0.181. The first-order valence-electron chi connectivity index (χ1n) is 15.2. The van der Waals surface area contributed by atoms with E-state index in [-0.39, 0.29) is 25.0 Å². The number of hydrogen-bond acceptors (Lipinski definition) is 14. The minimum Gasteiger partial charge on any atom is -0.462 e. The number of fused-ring (bicyclic) bond motifs is 3. The molecule has 14 nitrogen and oxygen atoms in total. The van der Waals surface area contributed by atoms with E-state index in [2.05, 4.69) is 0 Å². The third-order valence-electron chi connectivity index (χ3n) is 10.1. The summed E-state index contributed by atoms with van der Waals surface area (Å²) in [7, 11) is 0. The van der Waals surface area contributed by atoms with Crippen LogP contribution < -0.4 is 0 Å². The molecule has 0 bridgehead atoms. The molecular weight excluding hydrogens is 608 g/mol. The molecular formula is C32H44O14. The highest BCUT2D eigenvalue weighted by molar-refractivity contribution is 5.71. The molecule has 46 heavy (non-hydrogen) atoms. The predicted octanol–water partition coefficient (Wildman–Crippen LogP) is 1.86. The topological polar surface area (TPSA) is 191 Å². The molecule has 4 aliphatic rings. The number of aliphatic hydroxyl groups is 1. The highest BCUT2D eigenvalue weighted by atomic mass is 16.6. The molecule has 0 aromatic carbocycles. The summed E-state index contributed by atoms with van der Waals surface area (Å²) in [6.07, 6.45) is -7.73. The standard InChI is InChI=1S/C32H44O14/c1-14-21(41-15(2)33)12-31(29(8,9)39)24(14)25(44-18(5)36)27(45-19(6)37)30(10)22(42-16(3)34)11-23(43-17(4)35)32(13-40-32)26(30)28(31)46-20(7)38/h21-23,25-28,39H,11-13H2,1-10H3/t21-,22-,23+,25+,26-,27-,28-,30+,31+,32-/m0/s1. The van der Waals surface area contributed by atoms with Gasteiger partial charge in [-0.2, -0.15) is 0 Å². The summed E-state index contributed by atoms with van der Waals surface area (Å²) in [6.45, 7) is 13.4. The highest BCUT2D eigenvalue weighted by Crippen LogP contribution is 2.69. The van der Waals surface area contributed by atoms with E-state index in [9.17, 15) is 33.9 Å². The summed E-state index contributed by atoms with van der Waals surface area (Å²) in [5, 5.41) is 12.3. The molecule has 4 rings (SSSR count). The van der Waals surface area contributed by atoms with Crippen LogP contribution in [0.2, 0.25) is 0 Å². The van der Waals surface area contributed by atoms with Gasteiger partial charge in [0.05, 0.1) is 23.0 Å². The van der Waals surface area contributed by atoms with Gasteiger partial charge in [0.2, 0.25) is 0 Å². The number of carbonyl (C=O) groups excluding carboxylic acids is 6. The maximum absolute atomic E-state index is 13.1. The van der Waals surface area contributed by atoms with Gasteiger partial charge in [0.15, 0.2) is 12.2 Å². The van der Waals surface area contributed by atoms with Crippen LogP contribution in [0.1, 0.15) is 82.1 Å². The first kappa shape index (κ1) is 35.3. The summed E-state index contributed by atoms with van der Waals surface area (Å²) >= 11 is 0. The Hall–Kier alpha value is -3.52. The van der Waals surface area contributed by atoms with E-state index >= 15 is 0 Å². The third-order valence-corrected chi connectivity index (χ3v) is 10.1. The van der Waals surface area contributed by atoms with Crippen molar-refractivity contribution in [3.8, 4) is 0 Å². The summed E-state index contributed by atoms with van der Waals surface area (Å²) in [5.41, 5.74) is -5.87. The maximum atomic E-state index is 13.1. The second-order valence-electron chi connectivity index (χ2n) is 13.5. The maximum Gasteiger partial charge on any atom is 0.303 e. The minimum absolute atomic E-state index is 0.00583. The lowest BCUT2D eigenvalue weighted by atomic mass is 9.52. The lowest BCUT2D eigenvalue weighted by Gasteiger charge is -2.57. The number of ether oxygens (including phenoxy) is 7. The smallest absolute Gasteiger partial charge is 0.303 e. The number of hydrogen-bond donors (Lipinski definition) is 1. The molecule has 1 N–H and O–H groups in total. The molecule has 256 valence electrons. The Morgan fingerprint density at radius 1 is 0.739 bits per heavy atom. The molecule has 1 aliphatic heterocycles. The minimum atomic E-state index is -1.82. The molecule has 0 radical (unpaired) electrons. The molecule has 1 saturated heterocycles. The van der Waals surface area contributed by atoms with Gasteiger partial charge >= 0.3 is 35.8 Å². The zero-order chi connectivity index (χ0) is 34.7. The van der Waals surface area contributed by atoms with E-state index in [1.54, 1.807) is 13.8 Å². The van der Waals surface area contributed by atoms with Crippen molar-refractivity contribution in [2.24, 2.45) is 16.7 Å². The van der Waals surface area contributed by atoms with E-state index in [4.69, 9.17) is 33.2 Å². The predicted molar refractivity (Wildman–Crippen MR) is 154 cm³/mol. The van der Waals surface area contributed by atoms with Crippen LogP contribution in [0.3, 0.4) is 0 Å². The van der Waals surface area contributed by atoms with Crippen molar-refractivity contribution in [2.45, 2.75) is 130 Å². The van der Waals surface area contributed by atoms with Crippen LogP contribution in [0.5, 0.6) is 0 Å². The lowest BCUT2D eigenvalue weighted by molar-refractivity contribution is -0.248. The van der Waals surface area contributed by atoms with Gasteiger partial charge in [-0.1, -0.05) is 6.92 Å². The monoisotopic (exact) mass is 652 g/mol. The van der Waals surface area contributed by atoms with Gasteiger partial charge in [0, 0.05) is 60.3 Å². The van der Waals surface area contributed by atoms with Crippen LogP contribution in [0.15, 0.2) is 11.1 Å². The van der Waals surface area contributed by atoms with Gasteiger partial charge in [0.1, 0.15) is 30.0 Å². The lowest BCUT2D eigenvalue weighted by Crippen LogP contribution is -2.69. The molecule has 1 spiro atoms. The van der Waals surface area contributed by atoms with E-state index < -0.39 is 100 Å². The molecule has 3 fully saturated rings. The van der Waals surface area contributed by atoms with Crippen molar-refractivity contribution < 1.29 is 67.0 Å². The van der Waals surface area contributed by atoms with Crippen molar-refractivity contribution in [2.75, 3.05) is 6.61 Å². The van der Waals surface area contributed by atoms with E-state index in [0.29, 0.717) is 5.57 Å². The second kappa shape index (κ2) is 11.9. The van der Waals surface area contributed by atoms with Crippen molar-refractivity contribution in [3.05, 3.63) is 11.1 Å². The normalized spacial score (nSPS) is 38.0. The molecule has 0 aromatic rings. The first-order valence-corrected chi connectivity index (χ1v) is 15.2. The van der Waals surface area contributed by atoms with Gasteiger partial charge in [0.25, 0.3) is 0 Å². The average molecular weight is 653 g/mol. The first-order chi connectivity index (χ1) is 21.1. The summed E-state index contributed by atoms with van der Waals surface area (Å²) in [5.74, 6) is -5.43. The van der Waals surface area contributed by atoms with Gasteiger partial charge in [-0.05, 0) is 31.9 Å². The zero-order valence-electron chi connectivity index (χ0n) is 27.9.